The van der Waals surface area contributed by atoms with E-state index in [0.717, 1.165) is 0 Å². The zero-order valence-electron chi connectivity index (χ0n) is 13.7. The van der Waals surface area contributed by atoms with Gasteiger partial charge in [-0.3, -0.25) is 0 Å². The lowest BCUT2D eigenvalue weighted by Crippen LogP contribution is -2.30. The van der Waals surface area contributed by atoms with Crippen molar-refractivity contribution < 1.29 is 0 Å². The maximum atomic E-state index is 3.73. The third-order valence-corrected chi connectivity index (χ3v) is 5.30. The molecule has 0 spiro atoms. The van der Waals surface area contributed by atoms with E-state index in [1.165, 1.54) is 69.4 Å². The van der Waals surface area contributed by atoms with Gasteiger partial charge < -0.3 is 10.2 Å². The van der Waals surface area contributed by atoms with E-state index >= 15 is 0 Å². The maximum absolute atomic E-state index is 3.73. The van der Waals surface area contributed by atoms with Crippen LogP contribution in [0.4, 0.5) is 11.4 Å². The van der Waals surface area contributed by atoms with Crippen molar-refractivity contribution in [3.8, 4) is 0 Å². The number of hydrogen-bond acceptors (Lipinski definition) is 2. The molecule has 1 aromatic carbocycles. The topological polar surface area (TPSA) is 15.3 Å². The van der Waals surface area contributed by atoms with E-state index in [1.54, 1.807) is 0 Å². The molecule has 2 aliphatic rings. The molecular formula is C19H30N2. The molecule has 1 N–H and O–H groups in total. The van der Waals surface area contributed by atoms with Crippen LogP contribution in [0, 0.1) is 5.41 Å². The molecule has 21 heavy (non-hydrogen) atoms. The second kappa shape index (κ2) is 6.29. The molecule has 2 fully saturated rings. The van der Waals surface area contributed by atoms with E-state index in [9.17, 15) is 0 Å². The Bertz CT molecular complexity index is 433. The second-order valence-corrected chi connectivity index (χ2v) is 7.68. The molecule has 2 nitrogen and oxygen atoms in total. The van der Waals surface area contributed by atoms with Gasteiger partial charge in [-0.05, 0) is 74.6 Å². The Morgan fingerprint density at radius 3 is 2.19 bits per heavy atom. The summed E-state index contributed by atoms with van der Waals surface area (Å²) in [5, 5.41) is 3.73. The first kappa shape index (κ1) is 14.7. The lowest BCUT2D eigenvalue weighted by molar-refractivity contribution is 0.232. The van der Waals surface area contributed by atoms with Crippen molar-refractivity contribution in [1.82, 2.24) is 0 Å². The summed E-state index contributed by atoms with van der Waals surface area (Å²) in [4.78, 5) is 2.52. The fourth-order valence-corrected chi connectivity index (χ4v) is 3.70. The number of piperidine rings is 1. The van der Waals surface area contributed by atoms with E-state index in [2.05, 4.69) is 48.3 Å². The van der Waals surface area contributed by atoms with Crippen molar-refractivity contribution in [2.45, 2.75) is 64.8 Å². The molecule has 1 heterocycles. The summed E-state index contributed by atoms with van der Waals surface area (Å²) in [6, 6.07) is 9.78. The molecule has 0 radical (unpaired) electrons. The van der Waals surface area contributed by atoms with Gasteiger partial charge in [-0.1, -0.05) is 13.8 Å². The van der Waals surface area contributed by atoms with Crippen molar-refractivity contribution in [1.29, 1.82) is 0 Å². The number of anilines is 2. The number of nitrogens with zero attached hydrogens (tertiary/aromatic N) is 1. The number of benzene rings is 1. The van der Waals surface area contributed by atoms with Crippen LogP contribution < -0.4 is 10.2 Å². The predicted octanol–water partition coefficient (Wildman–Crippen LogP) is 5.06. The summed E-state index contributed by atoms with van der Waals surface area (Å²) in [5.74, 6) is 0. The Hall–Kier alpha value is -1.18. The summed E-state index contributed by atoms with van der Waals surface area (Å²) in [7, 11) is 0. The van der Waals surface area contributed by atoms with E-state index in [4.69, 9.17) is 0 Å². The summed E-state index contributed by atoms with van der Waals surface area (Å²) < 4.78 is 0. The molecule has 0 unspecified atom stereocenters. The Kier molecular flexibility index (Phi) is 4.42. The largest absolute Gasteiger partial charge is 0.382 e. The summed E-state index contributed by atoms with van der Waals surface area (Å²) >= 11 is 0. The van der Waals surface area contributed by atoms with Crippen LogP contribution in [-0.4, -0.2) is 19.1 Å². The summed E-state index contributed by atoms with van der Waals surface area (Å²) in [6.45, 7) is 7.25. The van der Waals surface area contributed by atoms with Crippen molar-refractivity contribution >= 4 is 11.4 Å². The van der Waals surface area contributed by atoms with E-state index in [1.807, 2.05) is 0 Å². The van der Waals surface area contributed by atoms with Gasteiger partial charge in [0.2, 0.25) is 0 Å². The smallest absolute Gasteiger partial charge is 0.0367 e. The Morgan fingerprint density at radius 2 is 1.57 bits per heavy atom. The van der Waals surface area contributed by atoms with Crippen LogP contribution in [0.25, 0.3) is 0 Å². The van der Waals surface area contributed by atoms with Gasteiger partial charge in [0.15, 0.2) is 0 Å². The molecule has 116 valence electrons. The second-order valence-electron chi connectivity index (χ2n) is 7.68. The van der Waals surface area contributed by atoms with Crippen LogP contribution in [0.1, 0.15) is 58.8 Å². The van der Waals surface area contributed by atoms with Gasteiger partial charge in [-0.2, -0.15) is 0 Å². The first-order valence-electron chi connectivity index (χ1n) is 8.74. The molecule has 1 aliphatic carbocycles. The van der Waals surface area contributed by atoms with Gasteiger partial charge in [0.1, 0.15) is 0 Å². The van der Waals surface area contributed by atoms with E-state index in [0.29, 0.717) is 11.5 Å². The average Bonchev–Trinajstić information content (AvgIpc) is 2.51. The van der Waals surface area contributed by atoms with Crippen molar-refractivity contribution in [3.63, 3.8) is 0 Å². The van der Waals surface area contributed by atoms with Crippen molar-refractivity contribution in [2.24, 2.45) is 5.41 Å². The van der Waals surface area contributed by atoms with Crippen LogP contribution in [0.5, 0.6) is 0 Å². The van der Waals surface area contributed by atoms with Crippen LogP contribution in [0.2, 0.25) is 0 Å². The quantitative estimate of drug-likeness (QED) is 0.835. The molecule has 1 saturated heterocycles. The molecule has 3 rings (SSSR count). The lowest BCUT2D eigenvalue weighted by atomic mass is 9.75. The molecule has 1 aliphatic heterocycles. The highest BCUT2D eigenvalue weighted by Gasteiger charge is 2.26. The highest BCUT2D eigenvalue weighted by Crippen LogP contribution is 2.36. The third-order valence-electron chi connectivity index (χ3n) is 5.30. The highest BCUT2D eigenvalue weighted by atomic mass is 15.1. The molecule has 0 amide bonds. The Labute approximate surface area is 129 Å². The molecule has 2 heteroatoms. The summed E-state index contributed by atoms with van der Waals surface area (Å²) in [5.41, 5.74) is 3.24. The molecule has 1 saturated carbocycles. The molecule has 0 aromatic heterocycles. The van der Waals surface area contributed by atoms with Gasteiger partial charge in [0.05, 0.1) is 0 Å². The summed E-state index contributed by atoms with van der Waals surface area (Å²) in [6.07, 6.45) is 9.39. The minimum absolute atomic E-state index is 0.552. The number of hydrogen-bond donors (Lipinski definition) is 1. The number of rotatable bonds is 3. The Morgan fingerprint density at radius 1 is 0.952 bits per heavy atom. The fourth-order valence-electron chi connectivity index (χ4n) is 3.70. The maximum Gasteiger partial charge on any atom is 0.0367 e. The fraction of sp³-hybridized carbons (Fsp3) is 0.684. The minimum Gasteiger partial charge on any atom is -0.382 e. The van der Waals surface area contributed by atoms with Gasteiger partial charge in [0.25, 0.3) is 0 Å². The first-order chi connectivity index (χ1) is 10.1. The zero-order chi connectivity index (χ0) is 14.7. The first-order valence-corrected chi connectivity index (χ1v) is 8.74. The van der Waals surface area contributed by atoms with Gasteiger partial charge in [-0.15, -0.1) is 0 Å². The van der Waals surface area contributed by atoms with Crippen LogP contribution in [0.15, 0.2) is 24.3 Å². The van der Waals surface area contributed by atoms with E-state index < -0.39 is 0 Å². The molecule has 0 bridgehead atoms. The monoisotopic (exact) mass is 286 g/mol. The normalized spacial score (nSPS) is 23.0. The molecular weight excluding hydrogens is 256 g/mol. The predicted molar refractivity (Wildman–Crippen MR) is 92.2 cm³/mol. The number of nitrogens with one attached hydrogen (secondary N) is 1. The van der Waals surface area contributed by atoms with Gasteiger partial charge >= 0.3 is 0 Å². The SMILES string of the molecule is CC1(C)CCC(Nc2ccc(N3CCCCC3)cc2)CC1. The van der Waals surface area contributed by atoms with Crippen LogP contribution >= 0.6 is 0 Å². The molecule has 1 aromatic rings. The Balaban J connectivity index is 1.55. The van der Waals surface area contributed by atoms with Crippen molar-refractivity contribution in [3.05, 3.63) is 24.3 Å². The van der Waals surface area contributed by atoms with Crippen LogP contribution in [-0.2, 0) is 0 Å². The highest BCUT2D eigenvalue weighted by molar-refractivity contribution is 5.55. The van der Waals surface area contributed by atoms with Gasteiger partial charge in [0, 0.05) is 30.5 Å². The molecule has 0 atom stereocenters. The third kappa shape index (κ3) is 3.93. The van der Waals surface area contributed by atoms with Crippen molar-refractivity contribution in [2.75, 3.05) is 23.3 Å². The lowest BCUT2D eigenvalue weighted by Gasteiger charge is -2.35. The van der Waals surface area contributed by atoms with E-state index in [-0.39, 0.29) is 0 Å². The average molecular weight is 286 g/mol. The zero-order valence-corrected chi connectivity index (χ0v) is 13.7. The van der Waals surface area contributed by atoms with Gasteiger partial charge in [-0.25, -0.2) is 0 Å². The minimum atomic E-state index is 0.552. The standard InChI is InChI=1S/C19H30N2/c1-19(2)12-10-17(11-13-19)20-16-6-8-18(9-7-16)21-14-4-3-5-15-21/h6-9,17,20H,3-5,10-15H2,1-2H3. The van der Waals surface area contributed by atoms with Crippen LogP contribution in [0.3, 0.4) is 0 Å².